The van der Waals surface area contributed by atoms with Gasteiger partial charge >= 0.3 is 6.18 Å². The Balaban J connectivity index is 1.99. The Morgan fingerprint density at radius 3 is 2.28 bits per heavy atom. The van der Waals surface area contributed by atoms with Crippen LogP contribution in [0, 0.1) is 20.2 Å². The maximum absolute atomic E-state index is 12.7. The summed E-state index contributed by atoms with van der Waals surface area (Å²) in [5.74, 6) is -0.645. The molecule has 0 saturated carbocycles. The van der Waals surface area contributed by atoms with Gasteiger partial charge in [0.1, 0.15) is 5.69 Å². The van der Waals surface area contributed by atoms with Gasteiger partial charge in [-0.1, -0.05) is 11.6 Å². The van der Waals surface area contributed by atoms with Crippen molar-refractivity contribution in [2.75, 3.05) is 18.4 Å². The van der Waals surface area contributed by atoms with Gasteiger partial charge in [0.2, 0.25) is 0 Å². The van der Waals surface area contributed by atoms with Gasteiger partial charge in [-0.2, -0.15) is 13.2 Å². The Hall–Kier alpha value is -3.41. The molecule has 0 atom stereocenters. The Morgan fingerprint density at radius 2 is 1.72 bits per heavy atom. The van der Waals surface area contributed by atoms with E-state index < -0.39 is 33.2 Å². The zero-order valence-corrected chi connectivity index (χ0v) is 15.1. The summed E-state index contributed by atoms with van der Waals surface area (Å²) >= 11 is 5.84. The number of nitrogens with zero attached hydrogens (tertiary/aromatic N) is 2. The van der Waals surface area contributed by atoms with E-state index in [1.807, 2.05) is 0 Å². The van der Waals surface area contributed by atoms with Crippen LogP contribution in [0.1, 0.15) is 15.9 Å². The van der Waals surface area contributed by atoms with Crippen molar-refractivity contribution in [3.05, 3.63) is 72.8 Å². The van der Waals surface area contributed by atoms with E-state index in [-0.39, 0.29) is 35.1 Å². The first-order valence-electron chi connectivity index (χ1n) is 7.82. The summed E-state index contributed by atoms with van der Waals surface area (Å²) < 4.78 is 38.0. The number of non-ortho nitro benzene ring substituents is 1. The molecule has 0 unspecified atom stereocenters. The average molecular weight is 433 g/mol. The molecule has 0 radical (unpaired) electrons. The van der Waals surface area contributed by atoms with Gasteiger partial charge in [0.15, 0.2) is 0 Å². The summed E-state index contributed by atoms with van der Waals surface area (Å²) in [6.07, 6.45) is -4.72. The van der Waals surface area contributed by atoms with E-state index in [1.54, 1.807) is 0 Å². The number of anilines is 1. The van der Waals surface area contributed by atoms with Crippen LogP contribution in [0.4, 0.5) is 30.2 Å². The second-order valence-corrected chi connectivity index (χ2v) is 6.00. The minimum absolute atomic E-state index is 0.0159. The zero-order valence-electron chi connectivity index (χ0n) is 14.3. The van der Waals surface area contributed by atoms with Gasteiger partial charge in [-0.3, -0.25) is 25.0 Å². The van der Waals surface area contributed by atoms with Crippen LogP contribution in [0.25, 0.3) is 0 Å². The maximum Gasteiger partial charge on any atom is 0.416 e. The molecule has 2 rings (SSSR count). The lowest BCUT2D eigenvalue weighted by Crippen LogP contribution is -2.29. The van der Waals surface area contributed by atoms with Crippen molar-refractivity contribution in [1.29, 1.82) is 0 Å². The van der Waals surface area contributed by atoms with Gasteiger partial charge in [-0.25, -0.2) is 0 Å². The molecule has 2 aromatic carbocycles. The zero-order chi connectivity index (χ0) is 21.8. The van der Waals surface area contributed by atoms with Crippen molar-refractivity contribution in [3.63, 3.8) is 0 Å². The fourth-order valence-corrected chi connectivity index (χ4v) is 2.54. The molecular formula is C16H12ClF3N4O5. The Bertz CT molecular complexity index is 968. The third-order valence-corrected chi connectivity index (χ3v) is 3.97. The highest BCUT2D eigenvalue weighted by Crippen LogP contribution is 2.34. The highest BCUT2D eigenvalue weighted by molar-refractivity contribution is 6.34. The summed E-state index contributed by atoms with van der Waals surface area (Å²) in [6.45, 7) is -0.0904. The Kier molecular flexibility index (Phi) is 6.59. The number of rotatable bonds is 7. The fraction of sp³-hybridized carbons (Fsp3) is 0.188. The van der Waals surface area contributed by atoms with Crippen molar-refractivity contribution in [1.82, 2.24) is 5.32 Å². The SMILES string of the molecule is O=C(NCCNc1ccc(C(F)(F)F)cc1[N+](=O)[O-])c1ccc([N+](=O)[O-])cc1Cl. The Labute approximate surface area is 165 Å². The third-order valence-electron chi connectivity index (χ3n) is 3.66. The summed E-state index contributed by atoms with van der Waals surface area (Å²) in [5, 5.41) is 26.5. The van der Waals surface area contributed by atoms with Gasteiger partial charge < -0.3 is 10.6 Å². The number of nitrogens with one attached hydrogen (secondary N) is 2. The molecule has 2 N–H and O–H groups in total. The molecule has 0 heterocycles. The Morgan fingerprint density at radius 1 is 1.03 bits per heavy atom. The smallest absolute Gasteiger partial charge is 0.378 e. The predicted octanol–water partition coefficient (Wildman–Crippen LogP) is 4.02. The van der Waals surface area contributed by atoms with E-state index in [9.17, 15) is 38.2 Å². The topological polar surface area (TPSA) is 127 Å². The molecule has 0 spiro atoms. The largest absolute Gasteiger partial charge is 0.416 e. The van der Waals surface area contributed by atoms with Crippen LogP contribution >= 0.6 is 11.6 Å². The molecule has 0 aliphatic heterocycles. The standard InChI is InChI=1S/C16H12ClF3N4O5/c17-12-8-10(23(26)27)2-3-11(12)15(25)22-6-5-21-13-4-1-9(16(18,19)20)7-14(13)24(28)29/h1-4,7-8,21H,5-6H2,(H,22,25). The molecule has 2 aromatic rings. The summed E-state index contributed by atoms with van der Waals surface area (Å²) in [6, 6.07) is 5.33. The first-order valence-corrected chi connectivity index (χ1v) is 8.20. The van der Waals surface area contributed by atoms with Crippen molar-refractivity contribution < 1.29 is 27.8 Å². The molecule has 1 amide bonds. The molecular weight excluding hydrogens is 421 g/mol. The lowest BCUT2D eigenvalue weighted by atomic mass is 10.1. The molecule has 0 aromatic heterocycles. The number of amides is 1. The lowest BCUT2D eigenvalue weighted by Gasteiger charge is -2.11. The summed E-state index contributed by atoms with van der Waals surface area (Å²) in [4.78, 5) is 32.1. The fourth-order valence-electron chi connectivity index (χ4n) is 2.28. The van der Waals surface area contributed by atoms with E-state index in [0.717, 1.165) is 18.2 Å². The van der Waals surface area contributed by atoms with Crippen molar-refractivity contribution >= 4 is 34.6 Å². The molecule has 0 saturated heterocycles. The summed E-state index contributed by atoms with van der Waals surface area (Å²) in [5.41, 5.74) is -2.37. The van der Waals surface area contributed by atoms with Crippen LogP contribution in [0.15, 0.2) is 36.4 Å². The first-order chi connectivity index (χ1) is 13.5. The van der Waals surface area contributed by atoms with Crippen molar-refractivity contribution in [2.45, 2.75) is 6.18 Å². The molecule has 0 fully saturated rings. The number of hydrogen-bond acceptors (Lipinski definition) is 6. The number of alkyl halides is 3. The molecule has 13 heteroatoms. The van der Waals surface area contributed by atoms with E-state index >= 15 is 0 Å². The van der Waals surface area contributed by atoms with E-state index in [2.05, 4.69) is 10.6 Å². The number of carbonyl (C=O) groups is 1. The number of nitro groups is 2. The maximum atomic E-state index is 12.7. The molecule has 0 aliphatic carbocycles. The second kappa shape index (κ2) is 8.73. The normalized spacial score (nSPS) is 11.0. The van der Waals surface area contributed by atoms with Gasteiger partial charge in [0.25, 0.3) is 17.3 Å². The van der Waals surface area contributed by atoms with Crippen LogP contribution in [0.3, 0.4) is 0 Å². The van der Waals surface area contributed by atoms with Crippen molar-refractivity contribution in [2.24, 2.45) is 0 Å². The minimum Gasteiger partial charge on any atom is -0.378 e. The van der Waals surface area contributed by atoms with E-state index in [1.165, 1.54) is 6.07 Å². The monoisotopic (exact) mass is 432 g/mol. The van der Waals surface area contributed by atoms with E-state index in [4.69, 9.17) is 11.6 Å². The number of halogens is 4. The molecule has 29 heavy (non-hydrogen) atoms. The molecule has 9 nitrogen and oxygen atoms in total. The van der Waals surface area contributed by atoms with Gasteiger partial charge in [0.05, 0.1) is 26.0 Å². The highest BCUT2D eigenvalue weighted by Gasteiger charge is 2.33. The number of benzene rings is 2. The number of carbonyl (C=O) groups excluding carboxylic acids is 1. The predicted molar refractivity (Wildman–Crippen MR) is 97.0 cm³/mol. The van der Waals surface area contributed by atoms with Gasteiger partial charge in [-0.05, 0) is 18.2 Å². The van der Waals surface area contributed by atoms with Gasteiger partial charge in [-0.15, -0.1) is 0 Å². The quantitative estimate of drug-likeness (QED) is 0.386. The van der Waals surface area contributed by atoms with Gasteiger partial charge in [0, 0.05) is 31.3 Å². The average Bonchev–Trinajstić information content (AvgIpc) is 2.63. The first kappa shape index (κ1) is 21.9. The minimum atomic E-state index is -4.72. The molecule has 154 valence electrons. The van der Waals surface area contributed by atoms with Crippen LogP contribution in [-0.2, 0) is 6.18 Å². The van der Waals surface area contributed by atoms with Crippen molar-refractivity contribution in [3.8, 4) is 0 Å². The van der Waals surface area contributed by atoms with Crippen LogP contribution in [0.5, 0.6) is 0 Å². The number of hydrogen-bond donors (Lipinski definition) is 2. The lowest BCUT2D eigenvalue weighted by molar-refractivity contribution is -0.384. The van der Waals surface area contributed by atoms with Crippen LogP contribution < -0.4 is 10.6 Å². The second-order valence-electron chi connectivity index (χ2n) is 5.59. The number of nitro benzene ring substituents is 2. The van der Waals surface area contributed by atoms with Crippen LogP contribution in [0.2, 0.25) is 5.02 Å². The molecule has 0 aliphatic rings. The van der Waals surface area contributed by atoms with E-state index in [0.29, 0.717) is 12.1 Å². The molecule has 0 bridgehead atoms. The highest BCUT2D eigenvalue weighted by atomic mass is 35.5. The third kappa shape index (κ3) is 5.54. The summed E-state index contributed by atoms with van der Waals surface area (Å²) in [7, 11) is 0. The van der Waals surface area contributed by atoms with Crippen LogP contribution in [-0.4, -0.2) is 28.8 Å².